The molecule has 2 aromatic carbocycles. The minimum absolute atomic E-state index is 0.248. The van der Waals surface area contributed by atoms with E-state index in [1.54, 1.807) is 24.8 Å². The number of hydrogen-bond acceptors (Lipinski definition) is 4. The van der Waals surface area contributed by atoms with Crippen LogP contribution in [0.25, 0.3) is 0 Å². The molecule has 4 rings (SSSR count). The maximum atomic E-state index is 9.21. The molecule has 2 unspecified atom stereocenters. The van der Waals surface area contributed by atoms with E-state index in [2.05, 4.69) is 54.0 Å². The lowest BCUT2D eigenvalue weighted by Crippen LogP contribution is -1.98. The van der Waals surface area contributed by atoms with Gasteiger partial charge in [0.15, 0.2) is 0 Å². The van der Waals surface area contributed by atoms with E-state index in [0.29, 0.717) is 0 Å². The van der Waals surface area contributed by atoms with Gasteiger partial charge in [0.05, 0.1) is 24.0 Å². The van der Waals surface area contributed by atoms with Gasteiger partial charge in [-0.25, -0.2) is 0 Å². The third kappa shape index (κ3) is 6.34. The number of pyridine rings is 2. The summed E-state index contributed by atoms with van der Waals surface area (Å²) in [5, 5.41) is 18.4. The molecule has 156 valence electrons. The number of aromatic nitrogens is 2. The predicted octanol–water partition coefficient (Wildman–Crippen LogP) is 7.00. The van der Waals surface area contributed by atoms with Crippen LogP contribution < -0.4 is 0 Å². The molecule has 2 heterocycles. The van der Waals surface area contributed by atoms with Crippen molar-refractivity contribution in [2.75, 3.05) is 0 Å². The predicted molar refractivity (Wildman–Crippen MR) is 132 cm³/mol. The molecule has 2 atom stereocenters. The Balaban J connectivity index is 0.000000181. The van der Waals surface area contributed by atoms with Crippen molar-refractivity contribution >= 4 is 31.9 Å². The van der Waals surface area contributed by atoms with E-state index in [4.69, 9.17) is 0 Å². The first-order chi connectivity index (χ1) is 15.6. The SMILES string of the molecule is N#CC(c1ccc(Br)cc1)c1cccnc1.N#CC(c1ccc(Br)cc1)c1cccnc1. The van der Waals surface area contributed by atoms with Gasteiger partial charge >= 0.3 is 0 Å². The summed E-state index contributed by atoms with van der Waals surface area (Å²) in [7, 11) is 0. The summed E-state index contributed by atoms with van der Waals surface area (Å²) < 4.78 is 2.03. The van der Waals surface area contributed by atoms with Crippen LogP contribution >= 0.6 is 31.9 Å². The molecule has 0 fully saturated rings. The van der Waals surface area contributed by atoms with Gasteiger partial charge in [-0.3, -0.25) is 9.97 Å². The highest BCUT2D eigenvalue weighted by Gasteiger charge is 2.13. The molecule has 6 heteroatoms. The molecule has 0 N–H and O–H groups in total. The highest BCUT2D eigenvalue weighted by atomic mass is 79.9. The van der Waals surface area contributed by atoms with Gasteiger partial charge in [-0.1, -0.05) is 68.3 Å². The van der Waals surface area contributed by atoms with E-state index in [-0.39, 0.29) is 11.8 Å². The number of nitriles is 2. The molecule has 0 saturated heterocycles. The van der Waals surface area contributed by atoms with Gasteiger partial charge in [0.25, 0.3) is 0 Å². The molecule has 0 spiro atoms. The standard InChI is InChI=1S/2C13H9BrN2/c2*14-12-5-3-10(4-6-12)13(8-15)11-2-1-7-16-9-11/h2*1-7,9,13H. The normalized spacial score (nSPS) is 11.8. The smallest absolute Gasteiger partial charge is 0.0977 e. The second-order valence-electron chi connectivity index (χ2n) is 6.80. The van der Waals surface area contributed by atoms with Crippen molar-refractivity contribution in [3.05, 3.63) is 129 Å². The van der Waals surface area contributed by atoms with E-state index in [1.165, 1.54) is 0 Å². The zero-order valence-corrected chi connectivity index (χ0v) is 20.1. The lowest BCUT2D eigenvalue weighted by atomic mass is 9.94. The maximum absolute atomic E-state index is 9.21. The fourth-order valence-corrected chi connectivity index (χ4v) is 3.62. The van der Waals surface area contributed by atoms with Crippen LogP contribution in [-0.4, -0.2) is 9.97 Å². The Morgan fingerprint density at radius 3 is 1.22 bits per heavy atom. The van der Waals surface area contributed by atoms with Crippen LogP contribution in [0, 0.1) is 22.7 Å². The van der Waals surface area contributed by atoms with Gasteiger partial charge in [-0.2, -0.15) is 10.5 Å². The maximum Gasteiger partial charge on any atom is 0.0977 e. The van der Waals surface area contributed by atoms with Crippen LogP contribution in [0.3, 0.4) is 0 Å². The number of benzene rings is 2. The van der Waals surface area contributed by atoms with Gasteiger partial charge in [0.1, 0.15) is 0 Å². The molecule has 32 heavy (non-hydrogen) atoms. The van der Waals surface area contributed by atoms with Crippen LogP contribution in [-0.2, 0) is 0 Å². The Hall–Kier alpha value is -3.32. The van der Waals surface area contributed by atoms with Crippen LogP contribution in [0.2, 0.25) is 0 Å². The average Bonchev–Trinajstić information content (AvgIpc) is 2.84. The van der Waals surface area contributed by atoms with Gasteiger partial charge in [0, 0.05) is 33.7 Å². The van der Waals surface area contributed by atoms with Crippen LogP contribution in [0.5, 0.6) is 0 Å². The van der Waals surface area contributed by atoms with Gasteiger partial charge in [0.2, 0.25) is 0 Å². The number of hydrogen-bond donors (Lipinski definition) is 0. The van der Waals surface area contributed by atoms with Crippen LogP contribution in [0.4, 0.5) is 0 Å². The summed E-state index contributed by atoms with van der Waals surface area (Å²) in [6, 6.07) is 27.7. The second-order valence-corrected chi connectivity index (χ2v) is 8.63. The van der Waals surface area contributed by atoms with Crippen molar-refractivity contribution in [1.82, 2.24) is 9.97 Å². The molecule has 0 aliphatic carbocycles. The number of halogens is 2. The first-order valence-electron chi connectivity index (χ1n) is 9.72. The van der Waals surface area contributed by atoms with Crippen molar-refractivity contribution in [2.45, 2.75) is 11.8 Å². The van der Waals surface area contributed by atoms with E-state index < -0.39 is 0 Å². The topological polar surface area (TPSA) is 73.4 Å². The molecule has 4 nitrogen and oxygen atoms in total. The van der Waals surface area contributed by atoms with Gasteiger partial charge < -0.3 is 0 Å². The van der Waals surface area contributed by atoms with Crippen molar-refractivity contribution in [2.24, 2.45) is 0 Å². The average molecular weight is 546 g/mol. The summed E-state index contributed by atoms with van der Waals surface area (Å²) in [6.07, 6.45) is 6.88. The van der Waals surface area contributed by atoms with E-state index in [0.717, 1.165) is 31.2 Å². The summed E-state index contributed by atoms with van der Waals surface area (Å²) >= 11 is 6.75. The second kappa shape index (κ2) is 11.9. The zero-order valence-electron chi connectivity index (χ0n) is 16.9. The lowest BCUT2D eigenvalue weighted by molar-refractivity contribution is 1.02. The fraction of sp³-hybridized carbons (Fsp3) is 0.0769. The first kappa shape index (κ1) is 23.3. The lowest BCUT2D eigenvalue weighted by Gasteiger charge is -2.08. The minimum Gasteiger partial charge on any atom is -0.264 e. The van der Waals surface area contributed by atoms with E-state index >= 15 is 0 Å². The molecule has 0 radical (unpaired) electrons. The number of nitrogens with zero attached hydrogens (tertiary/aromatic N) is 4. The fourth-order valence-electron chi connectivity index (χ4n) is 3.09. The van der Waals surface area contributed by atoms with Crippen molar-refractivity contribution in [3.63, 3.8) is 0 Å². The highest BCUT2D eigenvalue weighted by molar-refractivity contribution is 9.10. The molecule has 0 bridgehead atoms. The Bertz CT molecular complexity index is 1100. The summed E-state index contributed by atoms with van der Waals surface area (Å²) in [5.74, 6) is -0.497. The zero-order chi connectivity index (χ0) is 22.8. The van der Waals surface area contributed by atoms with Crippen molar-refractivity contribution in [1.29, 1.82) is 10.5 Å². The van der Waals surface area contributed by atoms with E-state index in [9.17, 15) is 10.5 Å². The summed E-state index contributed by atoms with van der Waals surface area (Å²) in [5.41, 5.74) is 3.82. The molecular weight excluding hydrogens is 528 g/mol. The number of rotatable bonds is 4. The molecule has 0 saturated carbocycles. The molecule has 2 aromatic heterocycles. The third-order valence-corrected chi connectivity index (χ3v) is 5.76. The van der Waals surface area contributed by atoms with Gasteiger partial charge in [-0.15, -0.1) is 0 Å². The molecular formula is C26H18Br2N4. The first-order valence-corrected chi connectivity index (χ1v) is 11.3. The van der Waals surface area contributed by atoms with Crippen LogP contribution in [0.15, 0.2) is 107 Å². The Morgan fingerprint density at radius 2 is 0.938 bits per heavy atom. The third-order valence-electron chi connectivity index (χ3n) is 4.70. The Morgan fingerprint density at radius 1 is 0.562 bits per heavy atom. The summed E-state index contributed by atoms with van der Waals surface area (Å²) in [6.45, 7) is 0. The molecule has 4 aromatic rings. The highest BCUT2D eigenvalue weighted by Crippen LogP contribution is 2.25. The van der Waals surface area contributed by atoms with Crippen molar-refractivity contribution in [3.8, 4) is 12.1 Å². The van der Waals surface area contributed by atoms with Gasteiger partial charge in [-0.05, 0) is 58.7 Å². The van der Waals surface area contributed by atoms with E-state index in [1.807, 2.05) is 72.8 Å². The molecule has 0 aliphatic heterocycles. The monoisotopic (exact) mass is 544 g/mol. The largest absolute Gasteiger partial charge is 0.264 e. The minimum atomic E-state index is -0.248. The Kier molecular flexibility index (Phi) is 8.69. The van der Waals surface area contributed by atoms with Crippen LogP contribution in [0.1, 0.15) is 34.1 Å². The molecule has 0 amide bonds. The van der Waals surface area contributed by atoms with Crippen molar-refractivity contribution < 1.29 is 0 Å². The summed E-state index contributed by atoms with van der Waals surface area (Å²) in [4.78, 5) is 8.07. The molecule has 0 aliphatic rings. The quantitative estimate of drug-likeness (QED) is 0.277. The Labute approximate surface area is 204 Å².